The molecule has 0 aliphatic rings. The average Bonchev–Trinajstić information content (AvgIpc) is 2.63. The van der Waals surface area contributed by atoms with Gasteiger partial charge in [0.25, 0.3) is 0 Å². The maximum atomic E-state index is 5.24. The summed E-state index contributed by atoms with van der Waals surface area (Å²) < 4.78 is 6.43. The Morgan fingerprint density at radius 2 is 2.12 bits per heavy atom. The highest BCUT2D eigenvalue weighted by atomic mass is 79.9. The second kappa shape index (κ2) is 6.74. The van der Waals surface area contributed by atoms with Gasteiger partial charge in [-0.1, -0.05) is 13.8 Å². The van der Waals surface area contributed by atoms with Crippen LogP contribution in [0.2, 0.25) is 0 Å². The first kappa shape index (κ1) is 14.2. The summed E-state index contributed by atoms with van der Waals surface area (Å²) >= 11 is 5.35. The van der Waals surface area contributed by atoms with Crippen molar-refractivity contribution in [2.75, 3.05) is 13.7 Å². The van der Waals surface area contributed by atoms with Gasteiger partial charge in [0.15, 0.2) is 0 Å². The number of hydrogen-bond acceptors (Lipinski definition) is 3. The Morgan fingerprint density at radius 3 is 2.56 bits per heavy atom. The van der Waals surface area contributed by atoms with Crippen LogP contribution in [0.15, 0.2) is 15.9 Å². The van der Waals surface area contributed by atoms with Gasteiger partial charge in [-0.15, -0.1) is 11.3 Å². The molecule has 0 radical (unpaired) electrons. The van der Waals surface area contributed by atoms with E-state index in [0.29, 0.717) is 18.0 Å². The van der Waals surface area contributed by atoms with Crippen LogP contribution < -0.4 is 5.32 Å². The topological polar surface area (TPSA) is 21.3 Å². The Labute approximate surface area is 111 Å². The van der Waals surface area contributed by atoms with Gasteiger partial charge >= 0.3 is 0 Å². The zero-order valence-corrected chi connectivity index (χ0v) is 12.7. The van der Waals surface area contributed by atoms with E-state index in [1.807, 2.05) is 0 Å². The Kier molecular flexibility index (Phi) is 5.97. The van der Waals surface area contributed by atoms with Crippen molar-refractivity contribution in [3.63, 3.8) is 0 Å². The molecule has 0 saturated carbocycles. The normalized spacial score (nSPS) is 15.4. The van der Waals surface area contributed by atoms with Crippen molar-refractivity contribution in [1.82, 2.24) is 5.32 Å². The third-order valence-electron chi connectivity index (χ3n) is 2.65. The fourth-order valence-corrected chi connectivity index (χ4v) is 3.36. The molecule has 1 aromatic heterocycles. The zero-order valence-electron chi connectivity index (χ0n) is 10.3. The van der Waals surface area contributed by atoms with Crippen molar-refractivity contribution >= 4 is 27.3 Å². The smallest absolute Gasteiger partial charge is 0.0618 e. The van der Waals surface area contributed by atoms with Gasteiger partial charge < -0.3 is 10.1 Å². The quantitative estimate of drug-likeness (QED) is 0.862. The highest BCUT2D eigenvalue weighted by molar-refractivity contribution is 9.10. The maximum absolute atomic E-state index is 5.24. The van der Waals surface area contributed by atoms with Crippen molar-refractivity contribution in [3.8, 4) is 0 Å². The first-order valence-electron chi connectivity index (χ1n) is 5.54. The lowest BCUT2D eigenvalue weighted by Gasteiger charge is -2.25. The van der Waals surface area contributed by atoms with Crippen LogP contribution in [0, 0.1) is 5.92 Å². The molecule has 0 spiro atoms. The lowest BCUT2D eigenvalue weighted by atomic mass is 10.0. The summed E-state index contributed by atoms with van der Waals surface area (Å²) in [6.07, 6.45) is 0. The number of nitrogens with one attached hydrogen (secondary N) is 1. The van der Waals surface area contributed by atoms with Crippen LogP contribution in [0.3, 0.4) is 0 Å². The highest BCUT2D eigenvalue weighted by Crippen LogP contribution is 2.29. The van der Waals surface area contributed by atoms with Gasteiger partial charge in [0.1, 0.15) is 0 Å². The fourth-order valence-electron chi connectivity index (χ4n) is 1.62. The van der Waals surface area contributed by atoms with Crippen molar-refractivity contribution < 1.29 is 4.74 Å². The minimum Gasteiger partial charge on any atom is -0.383 e. The number of methoxy groups -OCH3 is 1. The molecule has 1 N–H and O–H groups in total. The first-order valence-corrected chi connectivity index (χ1v) is 7.21. The number of ether oxygens (including phenoxy) is 1. The van der Waals surface area contributed by atoms with Gasteiger partial charge in [-0.25, -0.2) is 0 Å². The SMILES string of the molecule is COCC(NC(C)c1sccc1Br)C(C)C. The van der Waals surface area contributed by atoms with E-state index in [2.05, 4.69) is 53.5 Å². The fraction of sp³-hybridized carbons (Fsp3) is 0.667. The molecule has 16 heavy (non-hydrogen) atoms. The first-order chi connectivity index (χ1) is 7.56. The van der Waals surface area contributed by atoms with Gasteiger partial charge in [0, 0.05) is 28.5 Å². The van der Waals surface area contributed by atoms with E-state index in [1.54, 1.807) is 18.4 Å². The summed E-state index contributed by atoms with van der Waals surface area (Å²) in [6.45, 7) is 7.38. The van der Waals surface area contributed by atoms with E-state index in [-0.39, 0.29) is 0 Å². The largest absolute Gasteiger partial charge is 0.383 e. The minimum atomic E-state index is 0.358. The summed E-state index contributed by atoms with van der Waals surface area (Å²) in [5.74, 6) is 0.570. The molecule has 1 rings (SSSR count). The van der Waals surface area contributed by atoms with Gasteiger partial charge in [0.05, 0.1) is 6.61 Å². The van der Waals surface area contributed by atoms with E-state index >= 15 is 0 Å². The lowest BCUT2D eigenvalue weighted by Crippen LogP contribution is -2.39. The van der Waals surface area contributed by atoms with Gasteiger partial charge in [-0.2, -0.15) is 0 Å². The molecule has 4 heteroatoms. The molecule has 0 bridgehead atoms. The van der Waals surface area contributed by atoms with E-state index in [0.717, 1.165) is 6.61 Å². The van der Waals surface area contributed by atoms with E-state index < -0.39 is 0 Å². The summed E-state index contributed by atoms with van der Waals surface area (Å²) in [6, 6.07) is 2.85. The number of hydrogen-bond donors (Lipinski definition) is 1. The van der Waals surface area contributed by atoms with Crippen molar-refractivity contribution in [2.24, 2.45) is 5.92 Å². The number of rotatable bonds is 6. The number of halogens is 1. The summed E-state index contributed by atoms with van der Waals surface area (Å²) in [5, 5.41) is 5.73. The van der Waals surface area contributed by atoms with Crippen LogP contribution in [0.4, 0.5) is 0 Å². The Balaban J connectivity index is 2.61. The van der Waals surface area contributed by atoms with Gasteiger partial charge in [-0.3, -0.25) is 0 Å². The zero-order chi connectivity index (χ0) is 12.1. The van der Waals surface area contributed by atoms with Crippen LogP contribution in [-0.4, -0.2) is 19.8 Å². The van der Waals surface area contributed by atoms with Crippen LogP contribution in [0.1, 0.15) is 31.7 Å². The standard InChI is InChI=1S/C12H20BrNOS/c1-8(2)11(7-15-4)14-9(3)12-10(13)5-6-16-12/h5-6,8-9,11,14H,7H2,1-4H3. The molecular weight excluding hydrogens is 286 g/mol. The molecule has 0 saturated heterocycles. The van der Waals surface area contributed by atoms with E-state index in [4.69, 9.17) is 4.74 Å². The number of thiophene rings is 1. The summed E-state index contributed by atoms with van der Waals surface area (Å²) in [5.41, 5.74) is 0. The van der Waals surface area contributed by atoms with Crippen LogP contribution in [-0.2, 0) is 4.74 Å². The van der Waals surface area contributed by atoms with Crippen LogP contribution in [0.25, 0.3) is 0 Å². The predicted molar refractivity (Wildman–Crippen MR) is 74.1 cm³/mol. The van der Waals surface area contributed by atoms with Crippen LogP contribution in [0.5, 0.6) is 0 Å². The molecule has 0 amide bonds. The molecule has 1 heterocycles. The van der Waals surface area contributed by atoms with Gasteiger partial charge in [0.2, 0.25) is 0 Å². The Hall–Kier alpha value is 0.100. The molecule has 2 atom stereocenters. The molecule has 0 aromatic carbocycles. The predicted octanol–water partition coefficient (Wildman–Crippen LogP) is 3.83. The third kappa shape index (κ3) is 3.84. The summed E-state index contributed by atoms with van der Waals surface area (Å²) in [7, 11) is 1.75. The molecule has 0 fully saturated rings. The van der Waals surface area contributed by atoms with Crippen LogP contribution >= 0.6 is 27.3 Å². The third-order valence-corrected chi connectivity index (χ3v) is 4.71. The van der Waals surface area contributed by atoms with Crippen molar-refractivity contribution in [3.05, 3.63) is 20.8 Å². The molecule has 1 aromatic rings. The van der Waals surface area contributed by atoms with Crippen molar-refractivity contribution in [2.45, 2.75) is 32.9 Å². The van der Waals surface area contributed by atoms with Crippen molar-refractivity contribution in [1.29, 1.82) is 0 Å². The summed E-state index contributed by atoms with van der Waals surface area (Å²) in [4.78, 5) is 1.35. The molecule has 0 aliphatic heterocycles. The average molecular weight is 306 g/mol. The highest BCUT2D eigenvalue weighted by Gasteiger charge is 2.18. The van der Waals surface area contributed by atoms with Gasteiger partial charge in [-0.05, 0) is 40.2 Å². The maximum Gasteiger partial charge on any atom is 0.0618 e. The second-order valence-electron chi connectivity index (χ2n) is 4.33. The molecule has 0 aliphatic carbocycles. The second-order valence-corrected chi connectivity index (χ2v) is 6.13. The lowest BCUT2D eigenvalue weighted by molar-refractivity contribution is 0.142. The molecule has 2 unspecified atom stereocenters. The Morgan fingerprint density at radius 1 is 1.44 bits per heavy atom. The van der Waals surface area contributed by atoms with E-state index in [9.17, 15) is 0 Å². The molecule has 2 nitrogen and oxygen atoms in total. The minimum absolute atomic E-state index is 0.358. The van der Waals surface area contributed by atoms with E-state index in [1.165, 1.54) is 9.35 Å². The monoisotopic (exact) mass is 305 g/mol. The Bertz CT molecular complexity index is 314. The molecule has 92 valence electrons. The molecular formula is C12H20BrNOS.